The van der Waals surface area contributed by atoms with Crippen molar-refractivity contribution in [1.82, 2.24) is 9.78 Å². The summed E-state index contributed by atoms with van der Waals surface area (Å²) < 4.78 is 7.74. The first-order chi connectivity index (χ1) is 16.6. The molecule has 35 heavy (non-hydrogen) atoms. The molecule has 0 aliphatic carbocycles. The lowest BCUT2D eigenvalue weighted by atomic mass is 9.86. The van der Waals surface area contributed by atoms with Gasteiger partial charge in [0.05, 0.1) is 35.3 Å². The minimum atomic E-state index is -0.976. The van der Waals surface area contributed by atoms with Crippen LogP contribution in [0.25, 0.3) is 28.2 Å². The molecule has 4 aromatic rings. The van der Waals surface area contributed by atoms with Crippen molar-refractivity contribution in [3.8, 4) is 28.2 Å². The first-order valence-corrected chi connectivity index (χ1v) is 12.1. The summed E-state index contributed by atoms with van der Waals surface area (Å²) in [4.78, 5) is 23.2. The molecular weight excluding hydrogens is 555 g/mol. The lowest BCUT2D eigenvalue weighted by Crippen LogP contribution is -2.11. The molecule has 1 heterocycles. The van der Waals surface area contributed by atoms with E-state index in [1.165, 1.54) is 12.7 Å². The standard InChI is InChI=1S/C28H25IN2O4/c1-28(2,3)21-13-20(14-22(29)15-21)25-16-24(17-5-7-19(8-6-17)27(34)35-4)30-31(25)23-11-9-18(10-12-23)26(32)33/h5-16H,1-4H3,(H,32,33). The van der Waals surface area contributed by atoms with Gasteiger partial charge in [-0.2, -0.15) is 5.10 Å². The summed E-state index contributed by atoms with van der Waals surface area (Å²) in [5, 5.41) is 14.2. The topological polar surface area (TPSA) is 81.4 Å². The van der Waals surface area contributed by atoms with E-state index in [1.807, 2.05) is 22.9 Å². The van der Waals surface area contributed by atoms with Gasteiger partial charge in [-0.05, 0) is 94.2 Å². The average molecular weight is 580 g/mol. The molecule has 0 bridgehead atoms. The van der Waals surface area contributed by atoms with Gasteiger partial charge in [-0.25, -0.2) is 14.3 Å². The fraction of sp³-hybridized carbons (Fsp3) is 0.179. The van der Waals surface area contributed by atoms with Gasteiger partial charge in [0.2, 0.25) is 0 Å². The Kier molecular flexibility index (Phi) is 6.80. The third-order valence-electron chi connectivity index (χ3n) is 5.73. The highest BCUT2D eigenvalue weighted by molar-refractivity contribution is 14.1. The van der Waals surface area contributed by atoms with Crippen molar-refractivity contribution >= 4 is 34.5 Å². The van der Waals surface area contributed by atoms with Crippen molar-refractivity contribution in [3.05, 3.63) is 93.1 Å². The number of carbonyl (C=O) groups excluding carboxylic acids is 1. The molecule has 0 saturated carbocycles. The third-order valence-corrected chi connectivity index (χ3v) is 6.35. The van der Waals surface area contributed by atoms with Crippen LogP contribution in [0.1, 0.15) is 47.1 Å². The average Bonchev–Trinajstić information content (AvgIpc) is 3.28. The van der Waals surface area contributed by atoms with Crippen LogP contribution in [0.15, 0.2) is 72.8 Å². The highest BCUT2D eigenvalue weighted by Gasteiger charge is 2.19. The molecule has 0 unspecified atom stereocenters. The number of hydrogen-bond acceptors (Lipinski definition) is 4. The van der Waals surface area contributed by atoms with Crippen molar-refractivity contribution in [2.24, 2.45) is 0 Å². The van der Waals surface area contributed by atoms with Crippen molar-refractivity contribution in [3.63, 3.8) is 0 Å². The van der Waals surface area contributed by atoms with E-state index in [0.717, 1.165) is 31.8 Å². The van der Waals surface area contributed by atoms with Gasteiger partial charge in [-0.3, -0.25) is 0 Å². The van der Waals surface area contributed by atoms with E-state index in [0.29, 0.717) is 5.56 Å². The molecule has 0 saturated heterocycles. The molecule has 0 radical (unpaired) electrons. The predicted molar refractivity (Wildman–Crippen MR) is 144 cm³/mol. The van der Waals surface area contributed by atoms with E-state index in [1.54, 1.807) is 36.4 Å². The predicted octanol–water partition coefficient (Wildman–Crippen LogP) is 6.59. The quantitative estimate of drug-likeness (QED) is 0.213. The molecule has 1 N–H and O–H groups in total. The Labute approximate surface area is 217 Å². The minimum absolute atomic E-state index is 0.0313. The molecule has 0 aliphatic heterocycles. The molecule has 6 nitrogen and oxygen atoms in total. The van der Waals surface area contributed by atoms with Crippen LogP contribution in [0, 0.1) is 3.57 Å². The largest absolute Gasteiger partial charge is 0.478 e. The Balaban J connectivity index is 1.88. The number of aromatic carboxylic acids is 1. The molecule has 3 aromatic carbocycles. The maximum atomic E-state index is 11.8. The summed E-state index contributed by atoms with van der Waals surface area (Å²) >= 11 is 2.33. The molecule has 0 atom stereocenters. The van der Waals surface area contributed by atoms with Gasteiger partial charge in [0, 0.05) is 14.7 Å². The zero-order valence-corrected chi connectivity index (χ0v) is 22.0. The lowest BCUT2D eigenvalue weighted by Gasteiger charge is -2.20. The van der Waals surface area contributed by atoms with Crippen LogP contribution < -0.4 is 0 Å². The molecule has 0 amide bonds. The number of esters is 1. The Morgan fingerprint density at radius 3 is 2.09 bits per heavy atom. The zero-order valence-electron chi connectivity index (χ0n) is 19.9. The van der Waals surface area contributed by atoms with Crippen LogP contribution in [0.2, 0.25) is 0 Å². The highest BCUT2D eigenvalue weighted by Crippen LogP contribution is 2.33. The lowest BCUT2D eigenvalue weighted by molar-refractivity contribution is 0.0600. The number of rotatable bonds is 5. The van der Waals surface area contributed by atoms with Crippen LogP contribution in [-0.4, -0.2) is 33.9 Å². The first kappa shape index (κ1) is 24.7. The summed E-state index contributed by atoms with van der Waals surface area (Å²) in [6, 6.07) is 22.2. The van der Waals surface area contributed by atoms with E-state index >= 15 is 0 Å². The first-order valence-electron chi connectivity index (χ1n) is 11.0. The van der Waals surface area contributed by atoms with Gasteiger partial charge in [0.15, 0.2) is 0 Å². The Morgan fingerprint density at radius 1 is 0.886 bits per heavy atom. The van der Waals surface area contributed by atoms with Crippen molar-refractivity contribution < 1.29 is 19.4 Å². The van der Waals surface area contributed by atoms with E-state index in [2.05, 4.69) is 61.6 Å². The summed E-state index contributed by atoms with van der Waals surface area (Å²) in [5.41, 5.74) is 6.07. The maximum Gasteiger partial charge on any atom is 0.337 e. The number of nitrogens with zero attached hydrogens (tertiary/aromatic N) is 2. The minimum Gasteiger partial charge on any atom is -0.478 e. The number of methoxy groups -OCH3 is 1. The Morgan fingerprint density at radius 2 is 1.51 bits per heavy atom. The zero-order chi connectivity index (χ0) is 25.3. The smallest absolute Gasteiger partial charge is 0.337 e. The number of benzene rings is 3. The Bertz CT molecular complexity index is 1400. The number of ether oxygens (including phenoxy) is 1. The monoisotopic (exact) mass is 580 g/mol. The van der Waals surface area contributed by atoms with E-state index in [4.69, 9.17) is 9.84 Å². The van der Waals surface area contributed by atoms with Crippen LogP contribution in [0.4, 0.5) is 0 Å². The highest BCUT2D eigenvalue weighted by atomic mass is 127. The molecule has 7 heteroatoms. The van der Waals surface area contributed by atoms with E-state index < -0.39 is 11.9 Å². The molecule has 0 fully saturated rings. The SMILES string of the molecule is COC(=O)c1ccc(-c2cc(-c3cc(I)cc(C(C)(C)C)c3)n(-c3ccc(C(=O)O)cc3)n2)cc1. The van der Waals surface area contributed by atoms with Crippen LogP contribution in [0.3, 0.4) is 0 Å². The molecule has 0 spiro atoms. The number of carbonyl (C=O) groups is 2. The van der Waals surface area contributed by atoms with Crippen molar-refractivity contribution in [1.29, 1.82) is 0 Å². The number of carboxylic acids is 1. The van der Waals surface area contributed by atoms with Crippen LogP contribution in [-0.2, 0) is 10.2 Å². The summed E-state index contributed by atoms with van der Waals surface area (Å²) in [5.74, 6) is -1.37. The van der Waals surface area contributed by atoms with Gasteiger partial charge in [-0.1, -0.05) is 32.9 Å². The normalized spacial score (nSPS) is 11.3. The second-order valence-corrected chi connectivity index (χ2v) is 10.5. The summed E-state index contributed by atoms with van der Waals surface area (Å²) in [6.45, 7) is 6.54. The Hall–Kier alpha value is -3.46. The summed E-state index contributed by atoms with van der Waals surface area (Å²) in [7, 11) is 1.35. The van der Waals surface area contributed by atoms with Gasteiger partial charge in [-0.15, -0.1) is 0 Å². The fourth-order valence-electron chi connectivity index (χ4n) is 3.74. The third kappa shape index (κ3) is 5.30. The number of aromatic nitrogens is 2. The number of halogens is 1. The van der Waals surface area contributed by atoms with Gasteiger partial charge in [0.25, 0.3) is 0 Å². The molecule has 4 rings (SSSR count). The molecule has 1 aromatic heterocycles. The molecular formula is C28H25IN2O4. The molecule has 0 aliphatic rings. The number of hydrogen-bond donors (Lipinski definition) is 1. The van der Waals surface area contributed by atoms with E-state index in [9.17, 15) is 14.7 Å². The van der Waals surface area contributed by atoms with E-state index in [-0.39, 0.29) is 11.0 Å². The van der Waals surface area contributed by atoms with Gasteiger partial charge in [0.1, 0.15) is 0 Å². The molecule has 178 valence electrons. The van der Waals surface area contributed by atoms with Gasteiger partial charge >= 0.3 is 11.9 Å². The van der Waals surface area contributed by atoms with Crippen LogP contribution >= 0.6 is 22.6 Å². The van der Waals surface area contributed by atoms with Crippen molar-refractivity contribution in [2.75, 3.05) is 7.11 Å². The van der Waals surface area contributed by atoms with Crippen LogP contribution in [0.5, 0.6) is 0 Å². The second kappa shape index (κ2) is 9.65. The fourth-order valence-corrected chi connectivity index (χ4v) is 4.41. The van der Waals surface area contributed by atoms with Crippen molar-refractivity contribution in [2.45, 2.75) is 26.2 Å². The number of carboxylic acid groups (broad SMARTS) is 1. The maximum absolute atomic E-state index is 11.8. The summed E-state index contributed by atoms with van der Waals surface area (Å²) in [6.07, 6.45) is 0. The van der Waals surface area contributed by atoms with Gasteiger partial charge < -0.3 is 9.84 Å². The second-order valence-electron chi connectivity index (χ2n) is 9.23.